The number of hydrogen-bond acceptors (Lipinski definition) is 0. The Morgan fingerprint density at radius 1 is 0.284 bits per heavy atom. The highest BCUT2D eigenvalue weighted by atomic mass is 14.5. The van der Waals surface area contributed by atoms with Crippen molar-refractivity contribution >= 4 is 10.8 Å². The lowest BCUT2D eigenvalue weighted by Gasteiger charge is -2.34. The molecule has 0 fully saturated rings. The van der Waals surface area contributed by atoms with Gasteiger partial charge in [0.1, 0.15) is 0 Å². The number of hydrogen-bond donors (Lipinski definition) is 0. The van der Waals surface area contributed by atoms with Crippen LogP contribution in [0, 0.1) is 0 Å². The van der Waals surface area contributed by atoms with Crippen LogP contribution in [0.15, 0.2) is 255 Å². The van der Waals surface area contributed by atoms with Crippen molar-refractivity contribution in [1.82, 2.24) is 0 Å². The molecule has 0 saturated carbocycles. The molecule has 0 heteroatoms. The zero-order chi connectivity index (χ0) is 44.1. The van der Waals surface area contributed by atoms with E-state index in [1.807, 2.05) is 0 Å². The van der Waals surface area contributed by atoms with Crippen molar-refractivity contribution in [3.63, 3.8) is 0 Å². The van der Waals surface area contributed by atoms with Gasteiger partial charge in [-0.05, 0) is 134 Å². The minimum absolute atomic E-state index is 0.0369. The first kappa shape index (κ1) is 38.0. The van der Waals surface area contributed by atoms with Gasteiger partial charge in [-0.3, -0.25) is 0 Å². The highest BCUT2D eigenvalue weighted by Crippen LogP contribution is 2.63. The summed E-state index contributed by atoms with van der Waals surface area (Å²) in [6.07, 6.45) is 0. The van der Waals surface area contributed by atoms with Crippen LogP contribution in [0.1, 0.15) is 67.5 Å². The lowest BCUT2D eigenvalue weighted by Crippen LogP contribution is -2.28. The van der Waals surface area contributed by atoms with Gasteiger partial charge in [0.05, 0.1) is 5.41 Å². The zero-order valence-electron chi connectivity index (χ0n) is 36.9. The maximum absolute atomic E-state index is 2.50. The number of fused-ring (bicyclic) bond motifs is 11. The normalized spacial score (nSPS) is 15.6. The first-order valence-corrected chi connectivity index (χ1v) is 23.6. The molecule has 3 aliphatic rings. The smallest absolute Gasteiger partial charge is 0.0622 e. The molecule has 0 spiro atoms. The van der Waals surface area contributed by atoms with Gasteiger partial charge in [0.25, 0.3) is 0 Å². The van der Waals surface area contributed by atoms with E-state index in [2.05, 4.69) is 255 Å². The molecule has 312 valence electrons. The van der Waals surface area contributed by atoms with Crippen molar-refractivity contribution in [1.29, 1.82) is 0 Å². The van der Waals surface area contributed by atoms with E-state index in [0.717, 1.165) is 0 Å². The minimum Gasteiger partial charge on any atom is -0.0622 e. The molecule has 11 aromatic carbocycles. The van der Waals surface area contributed by atoms with Crippen LogP contribution < -0.4 is 0 Å². The third-order valence-electron chi connectivity index (χ3n) is 15.3. The van der Waals surface area contributed by atoms with E-state index < -0.39 is 5.41 Å². The molecular formula is C67H44. The summed E-state index contributed by atoms with van der Waals surface area (Å²) in [6.45, 7) is 0. The Morgan fingerprint density at radius 3 is 1.58 bits per heavy atom. The Balaban J connectivity index is 0.974. The van der Waals surface area contributed by atoms with Gasteiger partial charge in [0.15, 0.2) is 0 Å². The summed E-state index contributed by atoms with van der Waals surface area (Å²) >= 11 is 0. The topological polar surface area (TPSA) is 0 Å². The van der Waals surface area contributed by atoms with E-state index in [4.69, 9.17) is 0 Å². The van der Waals surface area contributed by atoms with Crippen molar-refractivity contribution in [3.05, 3.63) is 310 Å². The Hall–Kier alpha value is -8.32. The molecule has 2 atom stereocenters. The molecule has 0 radical (unpaired) electrons. The average Bonchev–Trinajstić information content (AvgIpc) is 4.03. The van der Waals surface area contributed by atoms with Crippen LogP contribution in [-0.4, -0.2) is 0 Å². The average molecular weight is 849 g/mol. The first-order valence-electron chi connectivity index (χ1n) is 23.6. The molecule has 2 unspecified atom stereocenters. The standard InChI is InChI=1S/C67H44/c1-4-18-43(19-5-1)45-22-16-23-48(40-45)63-54-30-13-12-29-52(54)59-41-46(34-36-55(59)63)47-35-37-56-60(42-47)57-38-39-62-65(66(57)64(56)53-32-17-21-44-20-10-11-28-51(44)53)58-31-14-15-33-61(58)67(62,49-24-6-2-7-25-49)50-26-8-3-9-27-50/h1-42,63-64H. The third kappa shape index (κ3) is 5.54. The lowest BCUT2D eigenvalue weighted by atomic mass is 9.67. The summed E-state index contributed by atoms with van der Waals surface area (Å²) in [6, 6.07) is 95.9. The van der Waals surface area contributed by atoms with Crippen molar-refractivity contribution in [2.24, 2.45) is 0 Å². The lowest BCUT2D eigenvalue weighted by molar-refractivity contribution is 0.767. The van der Waals surface area contributed by atoms with Crippen molar-refractivity contribution in [2.45, 2.75) is 17.3 Å². The summed E-state index contributed by atoms with van der Waals surface area (Å²) in [7, 11) is 0. The van der Waals surface area contributed by atoms with Gasteiger partial charge < -0.3 is 0 Å². The number of rotatable bonds is 6. The Labute approximate surface area is 392 Å². The molecule has 14 rings (SSSR count). The van der Waals surface area contributed by atoms with Gasteiger partial charge in [-0.1, -0.05) is 243 Å². The molecule has 67 heavy (non-hydrogen) atoms. The van der Waals surface area contributed by atoms with Gasteiger partial charge in [-0.25, -0.2) is 0 Å². The van der Waals surface area contributed by atoms with Gasteiger partial charge >= 0.3 is 0 Å². The van der Waals surface area contributed by atoms with E-state index in [1.165, 1.54) is 122 Å². The van der Waals surface area contributed by atoms with Gasteiger partial charge in [0.2, 0.25) is 0 Å². The highest BCUT2D eigenvalue weighted by Gasteiger charge is 2.49. The van der Waals surface area contributed by atoms with Crippen molar-refractivity contribution in [2.75, 3.05) is 0 Å². The maximum atomic E-state index is 2.50. The van der Waals surface area contributed by atoms with Gasteiger partial charge in [-0.15, -0.1) is 0 Å². The van der Waals surface area contributed by atoms with Crippen LogP contribution in [-0.2, 0) is 5.41 Å². The van der Waals surface area contributed by atoms with Crippen LogP contribution in [0.4, 0.5) is 0 Å². The monoisotopic (exact) mass is 848 g/mol. The van der Waals surface area contributed by atoms with E-state index in [9.17, 15) is 0 Å². The predicted octanol–water partition coefficient (Wildman–Crippen LogP) is 16.9. The Morgan fingerprint density at radius 2 is 0.821 bits per heavy atom. The largest absolute Gasteiger partial charge is 0.0713 e. The first-order chi connectivity index (χ1) is 33.3. The second kappa shape index (κ2) is 14.9. The molecule has 0 aliphatic heterocycles. The molecule has 0 saturated heterocycles. The van der Waals surface area contributed by atoms with Crippen molar-refractivity contribution in [3.8, 4) is 55.6 Å². The second-order valence-corrected chi connectivity index (χ2v) is 18.6. The van der Waals surface area contributed by atoms with Crippen LogP contribution in [0.2, 0.25) is 0 Å². The van der Waals surface area contributed by atoms with Crippen LogP contribution >= 0.6 is 0 Å². The quantitative estimate of drug-likeness (QED) is 0.156. The molecule has 0 heterocycles. The molecule has 11 aromatic rings. The fourth-order valence-corrected chi connectivity index (χ4v) is 12.6. The van der Waals surface area contributed by atoms with E-state index >= 15 is 0 Å². The van der Waals surface area contributed by atoms with Crippen LogP contribution in [0.5, 0.6) is 0 Å². The molecule has 0 aromatic heterocycles. The third-order valence-corrected chi connectivity index (χ3v) is 15.3. The zero-order valence-corrected chi connectivity index (χ0v) is 36.9. The molecule has 0 nitrogen and oxygen atoms in total. The summed E-state index contributed by atoms with van der Waals surface area (Å²) in [4.78, 5) is 0. The van der Waals surface area contributed by atoms with E-state index in [0.29, 0.717) is 0 Å². The number of benzene rings is 11. The SMILES string of the molecule is c1ccc(-c2cccc(C3c4ccccc4-c4cc(-c5ccc6c(c5)-c5ccc7c(c5C6c5cccc6ccccc56)-c5ccccc5C7(c5ccccc5)c5ccccc5)ccc43)c2)cc1. The fourth-order valence-electron chi connectivity index (χ4n) is 12.6. The molecule has 0 amide bonds. The highest BCUT2D eigenvalue weighted by molar-refractivity contribution is 5.99. The Bertz CT molecular complexity index is 3700. The van der Waals surface area contributed by atoms with Crippen LogP contribution in [0.25, 0.3) is 66.4 Å². The molecular weight excluding hydrogens is 805 g/mol. The Kier molecular flexibility index (Phi) is 8.43. The maximum Gasteiger partial charge on any atom is 0.0713 e. The van der Waals surface area contributed by atoms with E-state index in [-0.39, 0.29) is 11.8 Å². The fraction of sp³-hybridized carbons (Fsp3) is 0.0448. The summed E-state index contributed by atoms with van der Waals surface area (Å²) in [5, 5.41) is 2.58. The molecule has 0 bridgehead atoms. The van der Waals surface area contributed by atoms with Gasteiger partial charge in [-0.2, -0.15) is 0 Å². The minimum atomic E-state index is -0.478. The summed E-state index contributed by atoms with van der Waals surface area (Å²) < 4.78 is 0. The summed E-state index contributed by atoms with van der Waals surface area (Å²) in [5.74, 6) is 0.205. The predicted molar refractivity (Wildman–Crippen MR) is 278 cm³/mol. The van der Waals surface area contributed by atoms with Crippen LogP contribution in [0.3, 0.4) is 0 Å². The van der Waals surface area contributed by atoms with Crippen molar-refractivity contribution < 1.29 is 0 Å². The second-order valence-electron chi connectivity index (χ2n) is 18.6. The summed E-state index contributed by atoms with van der Waals surface area (Å²) in [5.41, 5.74) is 25.9. The van der Waals surface area contributed by atoms with Gasteiger partial charge in [0, 0.05) is 11.8 Å². The molecule has 3 aliphatic carbocycles. The molecule has 0 N–H and O–H groups in total. The van der Waals surface area contributed by atoms with E-state index in [1.54, 1.807) is 0 Å².